The second kappa shape index (κ2) is 7.85. The van der Waals surface area contributed by atoms with Gasteiger partial charge in [-0.3, -0.25) is 0 Å². The van der Waals surface area contributed by atoms with E-state index >= 15 is 0 Å². The topological polar surface area (TPSA) is 21.3 Å². The number of benzene rings is 1. The molecule has 1 aliphatic rings. The molecule has 1 fully saturated rings. The first kappa shape index (κ1) is 16.4. The molecule has 1 unspecified atom stereocenters. The molecule has 1 aromatic carbocycles. The number of rotatable bonds is 8. The summed E-state index contributed by atoms with van der Waals surface area (Å²) in [5.41, 5.74) is 0.721. The van der Waals surface area contributed by atoms with Crippen molar-refractivity contribution in [2.75, 3.05) is 13.2 Å². The maximum Gasteiger partial charge on any atom is 0.126 e. The molecule has 1 aromatic rings. The van der Waals surface area contributed by atoms with Gasteiger partial charge < -0.3 is 10.1 Å². The van der Waals surface area contributed by atoms with E-state index in [-0.39, 0.29) is 6.04 Å². The molecular formula is C17H25F2NO. The highest BCUT2D eigenvalue weighted by Gasteiger charge is 2.31. The zero-order chi connectivity index (χ0) is 15.2. The summed E-state index contributed by atoms with van der Waals surface area (Å²) in [6.45, 7) is 5.72. The van der Waals surface area contributed by atoms with Crippen molar-refractivity contribution in [3.63, 3.8) is 0 Å². The molecule has 1 N–H and O–H groups in total. The molecule has 0 amide bonds. The molecule has 2 nitrogen and oxygen atoms in total. The lowest BCUT2D eigenvalue weighted by Crippen LogP contribution is -2.39. The zero-order valence-electron chi connectivity index (χ0n) is 12.9. The molecule has 0 aliphatic heterocycles. The van der Waals surface area contributed by atoms with Crippen molar-refractivity contribution in [3.05, 3.63) is 35.4 Å². The fraction of sp³-hybridized carbons (Fsp3) is 0.647. The minimum absolute atomic E-state index is 0.267. The molecule has 4 heteroatoms. The summed E-state index contributed by atoms with van der Waals surface area (Å²) in [5.74, 6) is -0.343. The third-order valence-electron chi connectivity index (χ3n) is 4.11. The summed E-state index contributed by atoms with van der Waals surface area (Å²) in [4.78, 5) is 0. The fourth-order valence-electron chi connectivity index (χ4n) is 3.18. The summed E-state index contributed by atoms with van der Waals surface area (Å²) in [7, 11) is 0. The smallest absolute Gasteiger partial charge is 0.126 e. The molecule has 0 bridgehead atoms. The normalized spacial score (nSPS) is 22.9. The molecule has 1 saturated carbocycles. The van der Waals surface area contributed by atoms with Crippen molar-refractivity contribution in [3.8, 4) is 0 Å². The van der Waals surface area contributed by atoms with Crippen molar-refractivity contribution in [2.24, 2.45) is 5.92 Å². The first-order valence-corrected chi connectivity index (χ1v) is 7.90. The van der Waals surface area contributed by atoms with Crippen LogP contribution in [0.15, 0.2) is 18.2 Å². The van der Waals surface area contributed by atoms with E-state index in [4.69, 9.17) is 4.74 Å². The van der Waals surface area contributed by atoms with Crippen LogP contribution in [0.4, 0.5) is 8.78 Å². The summed E-state index contributed by atoms with van der Waals surface area (Å²) in [5, 5.41) is 3.43. The zero-order valence-corrected chi connectivity index (χ0v) is 12.9. The van der Waals surface area contributed by atoms with Gasteiger partial charge in [0, 0.05) is 18.7 Å². The molecule has 0 spiro atoms. The van der Waals surface area contributed by atoms with Gasteiger partial charge in [-0.2, -0.15) is 0 Å². The van der Waals surface area contributed by atoms with E-state index in [0.29, 0.717) is 18.4 Å². The van der Waals surface area contributed by atoms with Gasteiger partial charge in [-0.15, -0.1) is 0 Å². The van der Waals surface area contributed by atoms with Crippen molar-refractivity contribution in [1.29, 1.82) is 0 Å². The maximum atomic E-state index is 13.3. The van der Waals surface area contributed by atoms with Crippen LogP contribution in [0.5, 0.6) is 0 Å². The first-order chi connectivity index (χ1) is 10.1. The Hall–Kier alpha value is -1.00. The molecule has 118 valence electrons. The van der Waals surface area contributed by atoms with E-state index in [1.165, 1.54) is 12.1 Å². The van der Waals surface area contributed by atoms with Crippen LogP contribution in [0.3, 0.4) is 0 Å². The quantitative estimate of drug-likeness (QED) is 0.790. The van der Waals surface area contributed by atoms with E-state index in [1.807, 2.05) is 6.92 Å². The van der Waals surface area contributed by atoms with Crippen LogP contribution in [-0.2, 0) is 11.2 Å². The molecule has 0 radical (unpaired) electrons. The van der Waals surface area contributed by atoms with Gasteiger partial charge in [0.15, 0.2) is 0 Å². The highest BCUT2D eigenvalue weighted by Crippen LogP contribution is 2.34. The van der Waals surface area contributed by atoms with E-state index in [0.717, 1.165) is 44.0 Å². The average Bonchev–Trinajstić information content (AvgIpc) is 2.35. The molecule has 0 aromatic heterocycles. The van der Waals surface area contributed by atoms with E-state index in [1.54, 1.807) is 0 Å². The Labute approximate surface area is 125 Å². The van der Waals surface area contributed by atoms with Crippen molar-refractivity contribution in [1.82, 2.24) is 5.32 Å². The second-order valence-corrected chi connectivity index (χ2v) is 5.89. The molecule has 2 rings (SSSR count). The SMILES string of the molecule is CCNC(Cc1cc(F)cc(F)c1)CC1CC(OCC)C1. The summed E-state index contributed by atoms with van der Waals surface area (Å²) in [6.07, 6.45) is 4.32. The monoisotopic (exact) mass is 297 g/mol. The fourth-order valence-corrected chi connectivity index (χ4v) is 3.18. The van der Waals surface area contributed by atoms with Gasteiger partial charge in [0.05, 0.1) is 6.10 Å². The van der Waals surface area contributed by atoms with Crippen LogP contribution in [0.25, 0.3) is 0 Å². The standard InChI is InChI=1S/C17H25F2NO/c1-3-20-16(8-13-9-17(10-13)21-4-2)7-12-5-14(18)11-15(19)6-12/h5-6,11,13,16-17,20H,3-4,7-10H2,1-2H3. The number of hydrogen-bond acceptors (Lipinski definition) is 2. The van der Waals surface area contributed by atoms with Crippen molar-refractivity contribution >= 4 is 0 Å². The van der Waals surface area contributed by atoms with Gasteiger partial charge in [0.25, 0.3) is 0 Å². The van der Waals surface area contributed by atoms with E-state index in [9.17, 15) is 8.78 Å². The molecule has 0 saturated heterocycles. The minimum Gasteiger partial charge on any atom is -0.378 e. The maximum absolute atomic E-state index is 13.3. The van der Waals surface area contributed by atoms with E-state index < -0.39 is 11.6 Å². The molecule has 1 atom stereocenters. The molecule has 21 heavy (non-hydrogen) atoms. The van der Waals surface area contributed by atoms with Crippen LogP contribution < -0.4 is 5.32 Å². The van der Waals surface area contributed by atoms with Gasteiger partial charge in [0.2, 0.25) is 0 Å². The number of nitrogens with one attached hydrogen (secondary N) is 1. The van der Waals surface area contributed by atoms with Crippen molar-refractivity contribution in [2.45, 2.75) is 51.7 Å². The third-order valence-corrected chi connectivity index (χ3v) is 4.11. The van der Waals surface area contributed by atoms with Gasteiger partial charge in [0.1, 0.15) is 11.6 Å². The van der Waals surface area contributed by atoms with Crippen LogP contribution in [-0.4, -0.2) is 25.3 Å². The highest BCUT2D eigenvalue weighted by molar-refractivity contribution is 5.19. The van der Waals surface area contributed by atoms with Gasteiger partial charge in [-0.05, 0) is 62.8 Å². The first-order valence-electron chi connectivity index (χ1n) is 7.90. The van der Waals surface area contributed by atoms with Crippen molar-refractivity contribution < 1.29 is 13.5 Å². The van der Waals surface area contributed by atoms with Gasteiger partial charge in [-0.25, -0.2) is 8.78 Å². The Morgan fingerprint density at radius 3 is 2.43 bits per heavy atom. The van der Waals surface area contributed by atoms with Gasteiger partial charge >= 0.3 is 0 Å². The summed E-state index contributed by atoms with van der Waals surface area (Å²) >= 11 is 0. The third kappa shape index (κ3) is 5.04. The largest absolute Gasteiger partial charge is 0.378 e. The average molecular weight is 297 g/mol. The number of hydrogen-bond donors (Lipinski definition) is 1. The Balaban J connectivity index is 1.87. The molecule has 0 heterocycles. The number of likely N-dealkylation sites (N-methyl/N-ethyl adjacent to an activating group) is 1. The summed E-state index contributed by atoms with van der Waals surface area (Å²) in [6, 6.07) is 4.04. The number of ether oxygens (including phenoxy) is 1. The van der Waals surface area contributed by atoms with Crippen LogP contribution in [0.1, 0.15) is 38.7 Å². The van der Waals surface area contributed by atoms with Crippen LogP contribution >= 0.6 is 0 Å². The van der Waals surface area contributed by atoms with Gasteiger partial charge in [-0.1, -0.05) is 6.92 Å². The predicted molar refractivity (Wildman–Crippen MR) is 80.3 cm³/mol. The van der Waals surface area contributed by atoms with Crippen LogP contribution in [0.2, 0.25) is 0 Å². The summed E-state index contributed by atoms with van der Waals surface area (Å²) < 4.78 is 32.1. The Bertz CT molecular complexity index is 426. The van der Waals surface area contributed by atoms with E-state index in [2.05, 4.69) is 12.2 Å². The van der Waals surface area contributed by atoms with Crippen LogP contribution in [0, 0.1) is 17.6 Å². The highest BCUT2D eigenvalue weighted by atomic mass is 19.1. The second-order valence-electron chi connectivity index (χ2n) is 5.89. The predicted octanol–water partition coefficient (Wildman–Crippen LogP) is 3.69. The Kier molecular flexibility index (Phi) is 6.12. The lowest BCUT2D eigenvalue weighted by atomic mass is 9.77. The number of halogens is 2. The lowest BCUT2D eigenvalue weighted by molar-refractivity contribution is -0.0289. The minimum atomic E-state index is -0.500. The molecule has 1 aliphatic carbocycles. The molecular weight excluding hydrogens is 272 g/mol. The Morgan fingerprint density at radius 1 is 1.19 bits per heavy atom. The lowest BCUT2D eigenvalue weighted by Gasteiger charge is -2.37. The Morgan fingerprint density at radius 2 is 1.86 bits per heavy atom.